The first-order chi connectivity index (χ1) is 13.0. The van der Waals surface area contributed by atoms with Crippen molar-refractivity contribution in [1.82, 2.24) is 4.98 Å². The van der Waals surface area contributed by atoms with E-state index in [9.17, 15) is 4.79 Å². The smallest absolute Gasteiger partial charge is 0.235 e. The molecule has 1 aliphatic carbocycles. The third kappa shape index (κ3) is 4.30. The Morgan fingerprint density at radius 3 is 2.48 bits per heavy atom. The summed E-state index contributed by atoms with van der Waals surface area (Å²) in [5, 5.41) is 3.09. The Kier molecular flexibility index (Phi) is 6.11. The molecule has 1 fully saturated rings. The van der Waals surface area contributed by atoms with Gasteiger partial charge in [0.05, 0.1) is 23.9 Å². The standard InChI is InChI=1S/C22H28N2O3/c1-16-6-8-18(9-7-16)22(10-4-5-11-22)21(25)24-19-14-17(2)20(23-15-19)27-13-12-26-3/h6-9,14-15H,4-5,10-13H2,1-3H3,(H,24,25). The van der Waals surface area contributed by atoms with E-state index in [1.165, 1.54) is 5.56 Å². The maximum atomic E-state index is 13.2. The number of carbonyl (C=O) groups excluding carboxylic acids is 1. The highest BCUT2D eigenvalue weighted by atomic mass is 16.5. The normalized spacial score (nSPS) is 15.5. The van der Waals surface area contributed by atoms with Gasteiger partial charge in [-0.3, -0.25) is 4.79 Å². The molecule has 0 spiro atoms. The summed E-state index contributed by atoms with van der Waals surface area (Å²) in [7, 11) is 1.63. The number of aryl methyl sites for hydroxylation is 2. The SMILES string of the molecule is COCCOc1ncc(NC(=O)C2(c3ccc(C)cc3)CCCC2)cc1C. The van der Waals surface area contributed by atoms with Crippen molar-refractivity contribution in [3.8, 4) is 5.88 Å². The highest BCUT2D eigenvalue weighted by Crippen LogP contribution is 2.42. The number of aromatic nitrogens is 1. The number of hydrogen-bond acceptors (Lipinski definition) is 4. The first-order valence-corrected chi connectivity index (χ1v) is 9.52. The van der Waals surface area contributed by atoms with E-state index in [4.69, 9.17) is 9.47 Å². The molecule has 1 aromatic heterocycles. The number of rotatable bonds is 7. The number of hydrogen-bond donors (Lipinski definition) is 1. The number of ether oxygens (including phenoxy) is 2. The summed E-state index contributed by atoms with van der Waals surface area (Å²) in [5.74, 6) is 0.622. The molecule has 0 atom stereocenters. The van der Waals surface area contributed by atoms with Crippen LogP contribution in [0.1, 0.15) is 42.4 Å². The summed E-state index contributed by atoms with van der Waals surface area (Å²) >= 11 is 0. The van der Waals surface area contributed by atoms with Crippen LogP contribution < -0.4 is 10.1 Å². The highest BCUT2D eigenvalue weighted by molar-refractivity contribution is 5.99. The fraction of sp³-hybridized carbons (Fsp3) is 0.455. The number of nitrogens with zero attached hydrogens (tertiary/aromatic N) is 1. The maximum absolute atomic E-state index is 13.2. The lowest BCUT2D eigenvalue weighted by Crippen LogP contribution is -2.38. The van der Waals surface area contributed by atoms with Gasteiger partial charge in [-0.25, -0.2) is 4.98 Å². The van der Waals surface area contributed by atoms with E-state index >= 15 is 0 Å². The van der Waals surface area contributed by atoms with Crippen molar-refractivity contribution in [3.63, 3.8) is 0 Å². The molecule has 144 valence electrons. The zero-order chi connectivity index (χ0) is 19.3. The molecule has 0 saturated heterocycles. The lowest BCUT2D eigenvalue weighted by molar-refractivity contribution is -0.121. The third-order valence-electron chi connectivity index (χ3n) is 5.31. The topological polar surface area (TPSA) is 60.5 Å². The van der Waals surface area contributed by atoms with Crippen LogP contribution in [-0.2, 0) is 14.9 Å². The van der Waals surface area contributed by atoms with Crippen molar-refractivity contribution in [2.75, 3.05) is 25.6 Å². The second-order valence-electron chi connectivity index (χ2n) is 7.30. The molecule has 1 amide bonds. The molecule has 1 heterocycles. The molecule has 1 N–H and O–H groups in total. The Labute approximate surface area is 161 Å². The molecule has 0 radical (unpaired) electrons. The van der Waals surface area contributed by atoms with Crippen LogP contribution in [0.4, 0.5) is 5.69 Å². The van der Waals surface area contributed by atoms with Crippen molar-refractivity contribution < 1.29 is 14.3 Å². The monoisotopic (exact) mass is 368 g/mol. The summed E-state index contributed by atoms with van der Waals surface area (Å²) in [6.45, 7) is 4.96. The summed E-state index contributed by atoms with van der Waals surface area (Å²) in [6.07, 6.45) is 5.57. The van der Waals surface area contributed by atoms with Gasteiger partial charge in [-0.15, -0.1) is 0 Å². The Morgan fingerprint density at radius 1 is 1.15 bits per heavy atom. The van der Waals surface area contributed by atoms with Crippen LogP contribution in [0, 0.1) is 13.8 Å². The number of benzene rings is 1. The van der Waals surface area contributed by atoms with Crippen molar-refractivity contribution in [2.24, 2.45) is 0 Å². The van der Waals surface area contributed by atoms with Gasteiger partial charge < -0.3 is 14.8 Å². The van der Waals surface area contributed by atoms with Crippen molar-refractivity contribution >= 4 is 11.6 Å². The third-order valence-corrected chi connectivity index (χ3v) is 5.31. The van der Waals surface area contributed by atoms with E-state index in [0.29, 0.717) is 24.8 Å². The fourth-order valence-corrected chi connectivity index (χ4v) is 3.75. The first kappa shape index (κ1) is 19.4. The van der Waals surface area contributed by atoms with Crippen molar-refractivity contribution in [2.45, 2.75) is 44.9 Å². The lowest BCUT2D eigenvalue weighted by atomic mass is 9.77. The van der Waals surface area contributed by atoms with Gasteiger partial charge in [0, 0.05) is 12.7 Å². The van der Waals surface area contributed by atoms with E-state index in [1.807, 2.05) is 13.0 Å². The van der Waals surface area contributed by atoms with Crippen LogP contribution in [0.15, 0.2) is 36.5 Å². The predicted octanol–water partition coefficient (Wildman–Crippen LogP) is 4.17. The van der Waals surface area contributed by atoms with Gasteiger partial charge >= 0.3 is 0 Å². The number of amides is 1. The Morgan fingerprint density at radius 2 is 1.85 bits per heavy atom. The molecule has 5 heteroatoms. The van der Waals surface area contributed by atoms with Crippen molar-refractivity contribution in [3.05, 3.63) is 53.2 Å². The Bertz CT molecular complexity index is 781. The summed E-state index contributed by atoms with van der Waals surface area (Å²) < 4.78 is 10.6. The van der Waals surface area contributed by atoms with Crippen LogP contribution >= 0.6 is 0 Å². The van der Waals surface area contributed by atoms with E-state index in [-0.39, 0.29) is 5.91 Å². The van der Waals surface area contributed by atoms with E-state index in [0.717, 1.165) is 36.8 Å². The zero-order valence-corrected chi connectivity index (χ0v) is 16.4. The molecular weight excluding hydrogens is 340 g/mol. The first-order valence-electron chi connectivity index (χ1n) is 9.52. The number of nitrogens with one attached hydrogen (secondary N) is 1. The minimum absolute atomic E-state index is 0.0538. The van der Waals surface area contributed by atoms with Gasteiger partial charge in [-0.2, -0.15) is 0 Å². The largest absolute Gasteiger partial charge is 0.475 e. The van der Waals surface area contributed by atoms with Crippen LogP contribution in [0.3, 0.4) is 0 Å². The van der Waals surface area contributed by atoms with Crippen LogP contribution in [0.5, 0.6) is 5.88 Å². The van der Waals surface area contributed by atoms with Gasteiger partial charge in [-0.05, 0) is 38.3 Å². The van der Waals surface area contributed by atoms with Crippen LogP contribution in [-0.4, -0.2) is 31.2 Å². The Balaban J connectivity index is 1.76. The van der Waals surface area contributed by atoms with Gasteiger partial charge in [0.15, 0.2) is 0 Å². The number of carbonyl (C=O) groups is 1. The van der Waals surface area contributed by atoms with Crippen LogP contribution in [0.25, 0.3) is 0 Å². The summed E-state index contributed by atoms with van der Waals surface area (Å²) in [6, 6.07) is 10.3. The molecule has 3 rings (SSSR count). The average molecular weight is 368 g/mol. The van der Waals surface area contributed by atoms with Gasteiger partial charge in [0.1, 0.15) is 6.61 Å². The molecule has 27 heavy (non-hydrogen) atoms. The minimum atomic E-state index is -0.449. The molecule has 1 saturated carbocycles. The molecule has 1 aliphatic rings. The molecule has 2 aromatic rings. The molecule has 0 aliphatic heterocycles. The van der Waals surface area contributed by atoms with E-state index in [1.54, 1.807) is 13.3 Å². The van der Waals surface area contributed by atoms with Gasteiger partial charge in [-0.1, -0.05) is 42.7 Å². The molecule has 1 aromatic carbocycles. The zero-order valence-electron chi connectivity index (χ0n) is 16.4. The van der Waals surface area contributed by atoms with E-state index < -0.39 is 5.41 Å². The lowest BCUT2D eigenvalue weighted by Gasteiger charge is -2.28. The molecule has 5 nitrogen and oxygen atoms in total. The number of anilines is 1. The van der Waals surface area contributed by atoms with Crippen molar-refractivity contribution in [1.29, 1.82) is 0 Å². The van der Waals surface area contributed by atoms with Gasteiger partial charge in [0.25, 0.3) is 0 Å². The minimum Gasteiger partial charge on any atom is -0.475 e. The average Bonchev–Trinajstić information content (AvgIpc) is 3.15. The second-order valence-corrected chi connectivity index (χ2v) is 7.30. The fourth-order valence-electron chi connectivity index (χ4n) is 3.75. The molecule has 0 bridgehead atoms. The molecular formula is C22H28N2O3. The summed E-state index contributed by atoms with van der Waals surface area (Å²) in [5.41, 5.74) is 3.45. The second kappa shape index (κ2) is 8.53. The number of methoxy groups -OCH3 is 1. The number of pyridine rings is 1. The highest BCUT2D eigenvalue weighted by Gasteiger charge is 2.42. The predicted molar refractivity (Wildman–Crippen MR) is 106 cm³/mol. The summed E-state index contributed by atoms with van der Waals surface area (Å²) in [4.78, 5) is 17.6. The van der Waals surface area contributed by atoms with E-state index in [2.05, 4.69) is 41.5 Å². The maximum Gasteiger partial charge on any atom is 0.235 e. The van der Waals surface area contributed by atoms with Crippen LogP contribution in [0.2, 0.25) is 0 Å². The molecule has 0 unspecified atom stereocenters. The quantitative estimate of drug-likeness (QED) is 0.745. The van der Waals surface area contributed by atoms with Gasteiger partial charge in [0.2, 0.25) is 11.8 Å². The Hall–Kier alpha value is -2.40.